The lowest BCUT2D eigenvalue weighted by Crippen LogP contribution is -2.42. The molecule has 100 valence electrons. The van der Waals surface area contributed by atoms with Crippen molar-refractivity contribution in [2.45, 2.75) is 23.1 Å². The Bertz CT molecular complexity index is 534. The molecule has 0 atom stereocenters. The number of nitrogens with zero attached hydrogens (tertiary/aromatic N) is 1. The lowest BCUT2D eigenvalue weighted by atomic mass is 10.1. The van der Waals surface area contributed by atoms with Crippen LogP contribution in [-0.2, 0) is 10.0 Å². The molecule has 2 rings (SSSR count). The molecule has 18 heavy (non-hydrogen) atoms. The number of carboxylic acids is 1. The molecule has 3 N–H and O–H groups in total. The van der Waals surface area contributed by atoms with Crippen molar-refractivity contribution in [1.82, 2.24) is 15.0 Å². The number of piperidine rings is 1. The Morgan fingerprint density at radius 1 is 1.50 bits per heavy atom. The van der Waals surface area contributed by atoms with Gasteiger partial charge < -0.3 is 10.4 Å². The molecule has 7 nitrogen and oxygen atoms in total. The van der Waals surface area contributed by atoms with Gasteiger partial charge in [0.1, 0.15) is 0 Å². The van der Waals surface area contributed by atoms with Gasteiger partial charge in [0.25, 0.3) is 10.0 Å². The zero-order valence-electron chi connectivity index (χ0n) is 9.42. The molecule has 1 aromatic rings. The summed E-state index contributed by atoms with van der Waals surface area (Å²) in [5.41, 5.74) is 0.807. The van der Waals surface area contributed by atoms with Crippen LogP contribution >= 0.6 is 11.3 Å². The second kappa shape index (κ2) is 5.31. The van der Waals surface area contributed by atoms with Gasteiger partial charge in [-0.3, -0.25) is 0 Å². The van der Waals surface area contributed by atoms with Crippen molar-refractivity contribution in [2.75, 3.05) is 13.1 Å². The van der Waals surface area contributed by atoms with E-state index in [1.807, 2.05) is 0 Å². The summed E-state index contributed by atoms with van der Waals surface area (Å²) in [6.45, 7) is 1.50. The van der Waals surface area contributed by atoms with Gasteiger partial charge >= 0.3 is 5.97 Å². The quantitative estimate of drug-likeness (QED) is 0.713. The zero-order valence-corrected chi connectivity index (χ0v) is 11.1. The normalized spacial score (nSPS) is 17.8. The fourth-order valence-corrected chi connectivity index (χ4v) is 4.24. The minimum Gasteiger partial charge on any atom is -0.476 e. The summed E-state index contributed by atoms with van der Waals surface area (Å²) >= 11 is 0.815. The van der Waals surface area contributed by atoms with Crippen molar-refractivity contribution in [3.05, 3.63) is 11.2 Å². The number of hydrogen-bond donors (Lipinski definition) is 3. The van der Waals surface area contributed by atoms with E-state index in [4.69, 9.17) is 5.11 Å². The summed E-state index contributed by atoms with van der Waals surface area (Å²) in [5, 5.41) is 12.0. The van der Waals surface area contributed by atoms with E-state index in [2.05, 4.69) is 15.0 Å². The van der Waals surface area contributed by atoms with Crippen LogP contribution in [-0.4, -0.2) is 43.6 Å². The van der Waals surface area contributed by atoms with Crippen molar-refractivity contribution >= 4 is 27.3 Å². The van der Waals surface area contributed by atoms with E-state index < -0.39 is 21.7 Å². The molecule has 0 amide bonds. The third kappa shape index (κ3) is 2.86. The Morgan fingerprint density at radius 3 is 2.78 bits per heavy atom. The van der Waals surface area contributed by atoms with Crippen LogP contribution < -0.4 is 10.0 Å². The van der Waals surface area contributed by atoms with Crippen molar-refractivity contribution in [3.63, 3.8) is 0 Å². The maximum atomic E-state index is 12.1. The maximum absolute atomic E-state index is 12.1. The third-order valence-electron chi connectivity index (χ3n) is 2.64. The maximum Gasteiger partial charge on any atom is 0.356 e. The van der Waals surface area contributed by atoms with Gasteiger partial charge in [0.15, 0.2) is 9.90 Å². The van der Waals surface area contributed by atoms with E-state index in [9.17, 15) is 13.2 Å². The Labute approximate surface area is 108 Å². The summed E-state index contributed by atoms with van der Waals surface area (Å²) in [5.74, 6) is -1.33. The summed E-state index contributed by atoms with van der Waals surface area (Å²) in [4.78, 5) is 14.4. The first-order valence-electron chi connectivity index (χ1n) is 5.40. The molecule has 1 aromatic heterocycles. The fourth-order valence-electron chi connectivity index (χ4n) is 1.78. The van der Waals surface area contributed by atoms with E-state index in [1.165, 1.54) is 5.51 Å². The van der Waals surface area contributed by atoms with Crippen LogP contribution in [0.1, 0.15) is 23.3 Å². The molecule has 0 saturated carbocycles. The van der Waals surface area contributed by atoms with Crippen LogP contribution in [0.15, 0.2) is 9.72 Å². The number of sulfonamides is 1. The largest absolute Gasteiger partial charge is 0.476 e. The van der Waals surface area contributed by atoms with Gasteiger partial charge in [-0.2, -0.15) is 0 Å². The molecule has 1 aliphatic heterocycles. The molecule has 1 aliphatic rings. The fraction of sp³-hybridized carbons (Fsp3) is 0.556. The standard InChI is InChI=1S/C9H13N3O4S2/c13-8(14)7-9(17-5-11-7)18(15,16)12-6-1-3-10-4-2-6/h5-6,10,12H,1-4H2,(H,13,14). The first-order chi connectivity index (χ1) is 8.50. The average molecular weight is 291 g/mol. The van der Waals surface area contributed by atoms with Gasteiger partial charge in [0.05, 0.1) is 5.51 Å². The second-order valence-corrected chi connectivity index (χ2v) is 6.70. The molecular formula is C9H13N3O4S2. The van der Waals surface area contributed by atoms with Gasteiger partial charge in [0.2, 0.25) is 0 Å². The molecule has 0 aromatic carbocycles. The Kier molecular flexibility index (Phi) is 3.95. The second-order valence-electron chi connectivity index (χ2n) is 3.94. The molecule has 0 radical (unpaired) electrons. The predicted molar refractivity (Wildman–Crippen MR) is 65.3 cm³/mol. The molecule has 1 saturated heterocycles. The lowest BCUT2D eigenvalue weighted by Gasteiger charge is -2.23. The van der Waals surface area contributed by atoms with Crippen molar-refractivity contribution < 1.29 is 18.3 Å². The van der Waals surface area contributed by atoms with Crippen LogP contribution in [0.25, 0.3) is 0 Å². The third-order valence-corrected chi connectivity index (χ3v) is 5.53. The molecule has 0 aliphatic carbocycles. The highest BCUT2D eigenvalue weighted by molar-refractivity contribution is 7.91. The summed E-state index contributed by atoms with van der Waals surface area (Å²) < 4.78 is 26.4. The zero-order chi connectivity index (χ0) is 13.2. The molecular weight excluding hydrogens is 278 g/mol. The van der Waals surface area contributed by atoms with Gasteiger partial charge in [0, 0.05) is 6.04 Å². The van der Waals surface area contributed by atoms with Crippen molar-refractivity contribution in [3.8, 4) is 0 Å². The predicted octanol–water partition coefficient (Wildman–Crippen LogP) is -0.128. The minimum atomic E-state index is -3.79. The number of aromatic nitrogens is 1. The smallest absolute Gasteiger partial charge is 0.356 e. The number of rotatable bonds is 4. The van der Waals surface area contributed by atoms with Crippen molar-refractivity contribution in [2.24, 2.45) is 0 Å². The van der Waals surface area contributed by atoms with Crippen LogP contribution in [0, 0.1) is 0 Å². The van der Waals surface area contributed by atoms with Crippen LogP contribution in [0.2, 0.25) is 0 Å². The van der Waals surface area contributed by atoms with E-state index in [0.29, 0.717) is 12.8 Å². The Hall–Kier alpha value is -1.03. The van der Waals surface area contributed by atoms with Gasteiger partial charge in [-0.1, -0.05) is 0 Å². The van der Waals surface area contributed by atoms with E-state index in [1.54, 1.807) is 0 Å². The molecule has 0 bridgehead atoms. The highest BCUT2D eigenvalue weighted by Gasteiger charge is 2.28. The topological polar surface area (TPSA) is 108 Å². The molecule has 0 spiro atoms. The number of carboxylic acid groups (broad SMARTS) is 1. The van der Waals surface area contributed by atoms with Crippen molar-refractivity contribution in [1.29, 1.82) is 0 Å². The minimum absolute atomic E-state index is 0.153. The summed E-state index contributed by atoms with van der Waals surface area (Å²) in [7, 11) is -3.79. The highest BCUT2D eigenvalue weighted by Crippen LogP contribution is 2.21. The molecule has 0 unspecified atom stereocenters. The van der Waals surface area contributed by atoms with Gasteiger partial charge in [-0.15, -0.1) is 11.3 Å². The summed E-state index contributed by atoms with van der Waals surface area (Å²) in [6, 6.07) is -0.153. The first kappa shape index (κ1) is 13.4. The van der Waals surface area contributed by atoms with Gasteiger partial charge in [-0.05, 0) is 25.9 Å². The monoisotopic (exact) mass is 291 g/mol. The SMILES string of the molecule is O=C(O)c1ncsc1S(=O)(=O)NC1CCNCC1. The number of aromatic carboxylic acids is 1. The average Bonchev–Trinajstić information content (AvgIpc) is 2.79. The van der Waals surface area contributed by atoms with E-state index >= 15 is 0 Å². The van der Waals surface area contributed by atoms with E-state index in [0.717, 1.165) is 24.4 Å². The van der Waals surface area contributed by atoms with Crippen LogP contribution in [0.4, 0.5) is 0 Å². The first-order valence-corrected chi connectivity index (χ1v) is 7.77. The van der Waals surface area contributed by atoms with E-state index in [-0.39, 0.29) is 10.3 Å². The number of thiazole rings is 1. The molecule has 1 fully saturated rings. The highest BCUT2D eigenvalue weighted by atomic mass is 32.2. The number of carbonyl (C=O) groups is 1. The van der Waals surface area contributed by atoms with Crippen LogP contribution in [0.5, 0.6) is 0 Å². The summed E-state index contributed by atoms with van der Waals surface area (Å²) in [6.07, 6.45) is 1.39. The Balaban J connectivity index is 2.19. The molecule has 2 heterocycles. The Morgan fingerprint density at radius 2 is 2.17 bits per heavy atom. The lowest BCUT2D eigenvalue weighted by molar-refractivity contribution is 0.0687. The number of nitrogens with one attached hydrogen (secondary N) is 2. The van der Waals surface area contributed by atoms with Gasteiger partial charge in [-0.25, -0.2) is 22.9 Å². The molecule has 9 heteroatoms. The number of hydrogen-bond acceptors (Lipinski definition) is 6. The van der Waals surface area contributed by atoms with Crippen LogP contribution in [0.3, 0.4) is 0 Å².